The highest BCUT2D eigenvalue weighted by Crippen LogP contribution is 2.29. The van der Waals surface area contributed by atoms with E-state index in [-0.39, 0.29) is 0 Å². The molecule has 0 heterocycles. The predicted molar refractivity (Wildman–Crippen MR) is 73.0 cm³/mol. The lowest BCUT2D eigenvalue weighted by molar-refractivity contribution is 0.153. The summed E-state index contributed by atoms with van der Waals surface area (Å²) >= 11 is 0. The van der Waals surface area contributed by atoms with Crippen molar-refractivity contribution in [3.05, 3.63) is 0 Å². The minimum Gasteiger partial charge on any atom is -0.295 e. The highest BCUT2D eigenvalue weighted by atomic mass is 28.2. The molecule has 0 aromatic rings. The van der Waals surface area contributed by atoms with Gasteiger partial charge in [0.25, 0.3) is 0 Å². The largest absolute Gasteiger partial charge is 0.295 e. The molecule has 1 saturated carbocycles. The van der Waals surface area contributed by atoms with Gasteiger partial charge in [-0.05, 0) is 32.7 Å². The van der Waals surface area contributed by atoms with Gasteiger partial charge in [0.15, 0.2) is 0 Å². The Morgan fingerprint density at radius 2 is 1.50 bits per heavy atom. The van der Waals surface area contributed by atoms with Gasteiger partial charge in [-0.1, -0.05) is 46.0 Å². The van der Waals surface area contributed by atoms with Crippen LogP contribution in [0.15, 0.2) is 0 Å². The summed E-state index contributed by atoms with van der Waals surface area (Å²) in [6.07, 6.45) is 7.36. The van der Waals surface area contributed by atoms with E-state index in [9.17, 15) is 0 Å². The maximum absolute atomic E-state index is 2.51. The minimum absolute atomic E-state index is 0.679. The molecule has 0 spiro atoms. The SMILES string of the molecule is CCN(C)C([Si]C1CCCCC1)N(C)CC. The Balaban J connectivity index is 2.47. The molecule has 1 fully saturated rings. The molecule has 16 heavy (non-hydrogen) atoms. The molecule has 0 aromatic carbocycles. The molecule has 3 heteroatoms. The molecule has 1 aliphatic carbocycles. The van der Waals surface area contributed by atoms with Crippen LogP contribution in [0.2, 0.25) is 5.54 Å². The fourth-order valence-corrected chi connectivity index (χ4v) is 4.45. The first-order valence-electron chi connectivity index (χ1n) is 6.85. The van der Waals surface area contributed by atoms with Gasteiger partial charge < -0.3 is 0 Å². The summed E-state index contributed by atoms with van der Waals surface area (Å²) < 4.78 is 0. The van der Waals surface area contributed by atoms with E-state index in [0.717, 1.165) is 28.2 Å². The van der Waals surface area contributed by atoms with Crippen LogP contribution in [-0.4, -0.2) is 52.3 Å². The molecule has 0 N–H and O–H groups in total. The van der Waals surface area contributed by atoms with E-state index in [1.54, 1.807) is 0 Å². The number of rotatable bonds is 6. The number of nitrogens with zero attached hydrogens (tertiary/aromatic N) is 2. The monoisotopic (exact) mass is 240 g/mol. The Hall–Kier alpha value is 0.137. The molecular formula is C13H28N2Si. The Kier molecular flexibility index (Phi) is 6.62. The van der Waals surface area contributed by atoms with E-state index in [4.69, 9.17) is 0 Å². The second-order valence-electron chi connectivity index (χ2n) is 5.02. The van der Waals surface area contributed by atoms with Crippen LogP contribution < -0.4 is 0 Å². The van der Waals surface area contributed by atoms with Crippen LogP contribution in [0, 0.1) is 0 Å². The van der Waals surface area contributed by atoms with E-state index in [1.807, 2.05) is 0 Å². The third-order valence-corrected chi connectivity index (χ3v) is 6.05. The Bertz CT molecular complexity index is 171. The van der Waals surface area contributed by atoms with Gasteiger partial charge in [-0.25, -0.2) is 0 Å². The summed E-state index contributed by atoms with van der Waals surface area (Å²) in [5.74, 6) is 0.679. The summed E-state index contributed by atoms with van der Waals surface area (Å²) in [6, 6.07) is 0. The Labute approximate surface area is 104 Å². The fraction of sp³-hybridized carbons (Fsp3) is 1.00. The van der Waals surface area contributed by atoms with Crippen LogP contribution in [0.5, 0.6) is 0 Å². The van der Waals surface area contributed by atoms with Gasteiger partial charge in [-0.3, -0.25) is 9.80 Å². The van der Waals surface area contributed by atoms with E-state index in [2.05, 4.69) is 37.7 Å². The summed E-state index contributed by atoms with van der Waals surface area (Å²) in [6.45, 7) is 6.85. The molecular weight excluding hydrogens is 212 g/mol. The first-order chi connectivity index (χ1) is 7.69. The van der Waals surface area contributed by atoms with E-state index in [1.165, 1.54) is 32.1 Å². The summed E-state index contributed by atoms with van der Waals surface area (Å²) in [5, 5.41) is 0. The van der Waals surface area contributed by atoms with Crippen molar-refractivity contribution in [1.29, 1.82) is 0 Å². The minimum atomic E-state index is 0.679. The molecule has 0 amide bonds. The summed E-state index contributed by atoms with van der Waals surface area (Å²) in [7, 11) is 5.64. The molecule has 1 rings (SSSR count). The molecule has 2 radical (unpaired) electrons. The van der Waals surface area contributed by atoms with Gasteiger partial charge in [-0.2, -0.15) is 0 Å². The van der Waals surface area contributed by atoms with E-state index >= 15 is 0 Å². The Morgan fingerprint density at radius 3 is 1.94 bits per heavy atom. The zero-order chi connectivity index (χ0) is 12.0. The van der Waals surface area contributed by atoms with E-state index in [0.29, 0.717) is 5.79 Å². The second kappa shape index (κ2) is 7.46. The van der Waals surface area contributed by atoms with Crippen LogP contribution in [0.25, 0.3) is 0 Å². The lowest BCUT2D eigenvalue weighted by atomic mass is 10.0. The maximum atomic E-state index is 2.51. The quantitative estimate of drug-likeness (QED) is 0.520. The molecule has 94 valence electrons. The average molecular weight is 240 g/mol. The third kappa shape index (κ3) is 4.19. The van der Waals surface area contributed by atoms with Gasteiger partial charge >= 0.3 is 0 Å². The highest BCUT2D eigenvalue weighted by Gasteiger charge is 2.24. The smallest absolute Gasteiger partial charge is 0.0854 e. The van der Waals surface area contributed by atoms with Crippen LogP contribution in [0.4, 0.5) is 0 Å². The standard InChI is InChI=1S/C13H28N2Si/c1-5-14(3)13(15(4)6-2)16-12-10-8-7-9-11-12/h12-13H,5-11H2,1-4H3. The van der Waals surface area contributed by atoms with Crippen molar-refractivity contribution >= 4 is 9.52 Å². The van der Waals surface area contributed by atoms with Crippen molar-refractivity contribution in [2.75, 3.05) is 27.2 Å². The number of hydrogen-bond acceptors (Lipinski definition) is 2. The molecule has 1 aliphatic rings. The van der Waals surface area contributed by atoms with Gasteiger partial charge in [0.1, 0.15) is 0 Å². The average Bonchev–Trinajstić information content (AvgIpc) is 2.35. The normalized spacial score (nSPS) is 18.9. The number of hydrogen-bond donors (Lipinski definition) is 0. The van der Waals surface area contributed by atoms with Crippen molar-refractivity contribution in [2.45, 2.75) is 57.3 Å². The first kappa shape index (κ1) is 14.2. The Morgan fingerprint density at radius 1 is 1.00 bits per heavy atom. The lowest BCUT2D eigenvalue weighted by Crippen LogP contribution is -2.49. The van der Waals surface area contributed by atoms with Crippen LogP contribution in [0.1, 0.15) is 46.0 Å². The van der Waals surface area contributed by atoms with Gasteiger partial charge in [0, 0.05) is 5.79 Å². The van der Waals surface area contributed by atoms with Crippen molar-refractivity contribution < 1.29 is 0 Å². The first-order valence-corrected chi connectivity index (χ1v) is 8.01. The third-order valence-electron chi connectivity index (χ3n) is 3.82. The maximum Gasteiger partial charge on any atom is 0.0854 e. The molecule has 2 nitrogen and oxygen atoms in total. The topological polar surface area (TPSA) is 6.48 Å². The second-order valence-corrected chi connectivity index (χ2v) is 6.69. The molecule has 0 bridgehead atoms. The van der Waals surface area contributed by atoms with Crippen molar-refractivity contribution in [2.24, 2.45) is 0 Å². The van der Waals surface area contributed by atoms with E-state index < -0.39 is 0 Å². The zero-order valence-electron chi connectivity index (χ0n) is 11.5. The summed E-state index contributed by atoms with van der Waals surface area (Å²) in [4.78, 5) is 5.02. The molecule has 0 atom stereocenters. The molecule has 0 aromatic heterocycles. The molecule has 0 unspecified atom stereocenters. The van der Waals surface area contributed by atoms with Crippen LogP contribution in [-0.2, 0) is 0 Å². The summed E-state index contributed by atoms with van der Waals surface area (Å²) in [5.41, 5.74) is 1.00. The van der Waals surface area contributed by atoms with Gasteiger partial charge in [-0.15, -0.1) is 0 Å². The predicted octanol–water partition coefficient (Wildman–Crippen LogP) is 2.63. The van der Waals surface area contributed by atoms with Crippen molar-refractivity contribution in [3.63, 3.8) is 0 Å². The molecule has 0 aliphatic heterocycles. The van der Waals surface area contributed by atoms with Gasteiger partial charge in [0.05, 0.1) is 9.52 Å². The molecule has 0 saturated heterocycles. The zero-order valence-corrected chi connectivity index (χ0v) is 12.5. The highest BCUT2D eigenvalue weighted by molar-refractivity contribution is 6.39. The van der Waals surface area contributed by atoms with Crippen molar-refractivity contribution in [3.8, 4) is 0 Å². The fourth-order valence-electron chi connectivity index (χ4n) is 2.42. The van der Waals surface area contributed by atoms with Crippen LogP contribution in [0.3, 0.4) is 0 Å². The lowest BCUT2D eigenvalue weighted by Gasteiger charge is -2.37. The van der Waals surface area contributed by atoms with Crippen LogP contribution >= 0.6 is 0 Å². The van der Waals surface area contributed by atoms with Gasteiger partial charge in [0.2, 0.25) is 0 Å². The van der Waals surface area contributed by atoms with Crippen molar-refractivity contribution in [1.82, 2.24) is 9.80 Å².